The SMILES string of the molecule is CC(CCN1CCCCC1)Oc1nc(N)c2c(n1)CN(c1cc(O)cc3ccccc13)CC2. The lowest BCUT2D eigenvalue weighted by Crippen LogP contribution is -2.33. The Bertz CT molecular complexity index is 1130. The molecule has 3 heterocycles. The van der Waals surface area contributed by atoms with Gasteiger partial charge in [-0.1, -0.05) is 30.7 Å². The molecule has 1 unspecified atom stereocenters. The van der Waals surface area contributed by atoms with Gasteiger partial charge in [0.15, 0.2) is 0 Å². The molecular formula is C26H33N5O2. The minimum atomic E-state index is 0.0269. The number of hydrogen-bond donors (Lipinski definition) is 2. The minimum absolute atomic E-state index is 0.0269. The molecule has 1 atom stereocenters. The first-order chi connectivity index (χ1) is 16.1. The van der Waals surface area contributed by atoms with E-state index < -0.39 is 0 Å². The number of phenols is 1. The van der Waals surface area contributed by atoms with Crippen molar-refractivity contribution in [1.29, 1.82) is 0 Å². The highest BCUT2D eigenvalue weighted by molar-refractivity contribution is 5.95. The van der Waals surface area contributed by atoms with Gasteiger partial charge in [-0.2, -0.15) is 9.97 Å². The molecule has 0 bridgehead atoms. The van der Waals surface area contributed by atoms with Gasteiger partial charge in [-0.15, -0.1) is 0 Å². The quantitative estimate of drug-likeness (QED) is 0.588. The Morgan fingerprint density at radius 3 is 2.76 bits per heavy atom. The first kappa shape index (κ1) is 21.8. The minimum Gasteiger partial charge on any atom is -0.508 e. The number of benzene rings is 2. The van der Waals surface area contributed by atoms with Crippen LogP contribution >= 0.6 is 0 Å². The highest BCUT2D eigenvalue weighted by Gasteiger charge is 2.24. The van der Waals surface area contributed by atoms with Crippen LogP contribution in [0.4, 0.5) is 11.5 Å². The zero-order valence-electron chi connectivity index (χ0n) is 19.3. The molecule has 1 saturated heterocycles. The molecule has 2 aliphatic heterocycles. The van der Waals surface area contributed by atoms with Crippen molar-refractivity contribution in [1.82, 2.24) is 14.9 Å². The third-order valence-corrected chi connectivity index (χ3v) is 6.85. The van der Waals surface area contributed by atoms with Crippen molar-refractivity contribution >= 4 is 22.3 Å². The van der Waals surface area contributed by atoms with E-state index in [0.29, 0.717) is 18.4 Å². The van der Waals surface area contributed by atoms with E-state index in [0.717, 1.165) is 53.6 Å². The van der Waals surface area contributed by atoms with Crippen LogP contribution in [-0.4, -0.2) is 52.3 Å². The number of aromatic nitrogens is 2. The fourth-order valence-corrected chi connectivity index (χ4v) is 5.02. The van der Waals surface area contributed by atoms with Crippen molar-refractivity contribution in [3.05, 3.63) is 47.7 Å². The molecule has 0 aliphatic carbocycles. The largest absolute Gasteiger partial charge is 0.508 e. The number of rotatable bonds is 6. The number of fused-ring (bicyclic) bond motifs is 2. The Kier molecular flexibility index (Phi) is 6.22. The molecule has 1 aromatic heterocycles. The normalized spacial score (nSPS) is 17.7. The summed E-state index contributed by atoms with van der Waals surface area (Å²) in [6.07, 6.45) is 5.67. The van der Waals surface area contributed by atoms with E-state index in [1.165, 1.54) is 32.4 Å². The van der Waals surface area contributed by atoms with Crippen molar-refractivity contribution in [2.24, 2.45) is 0 Å². The Labute approximate surface area is 195 Å². The number of likely N-dealkylation sites (tertiary alicyclic amines) is 1. The van der Waals surface area contributed by atoms with Gasteiger partial charge in [0.2, 0.25) is 0 Å². The van der Waals surface area contributed by atoms with E-state index in [4.69, 9.17) is 15.5 Å². The third-order valence-electron chi connectivity index (χ3n) is 6.85. The van der Waals surface area contributed by atoms with Gasteiger partial charge in [0.1, 0.15) is 17.7 Å². The highest BCUT2D eigenvalue weighted by atomic mass is 16.5. The van der Waals surface area contributed by atoms with Crippen molar-refractivity contribution in [2.75, 3.05) is 36.8 Å². The standard InChI is InChI=1S/C26H33N5O2/c1-18(9-13-30-11-5-2-6-12-30)33-26-28-23-17-31(14-10-22(23)25(27)29-26)24-16-20(32)15-19-7-3-4-8-21(19)24/h3-4,7-8,15-16,18,32H,2,5-6,9-14,17H2,1H3,(H2,27,28,29). The second-order valence-corrected chi connectivity index (χ2v) is 9.29. The Balaban J connectivity index is 1.32. The van der Waals surface area contributed by atoms with Gasteiger partial charge in [0, 0.05) is 35.8 Å². The summed E-state index contributed by atoms with van der Waals surface area (Å²) in [6, 6.07) is 12.1. The highest BCUT2D eigenvalue weighted by Crippen LogP contribution is 2.35. The van der Waals surface area contributed by atoms with Crippen LogP contribution in [0.25, 0.3) is 10.8 Å². The molecule has 2 aromatic carbocycles. The van der Waals surface area contributed by atoms with Gasteiger partial charge < -0.3 is 25.4 Å². The summed E-state index contributed by atoms with van der Waals surface area (Å²) >= 11 is 0. The summed E-state index contributed by atoms with van der Waals surface area (Å²) in [5.41, 5.74) is 9.22. The molecule has 3 aromatic rings. The number of nitrogens with two attached hydrogens (primary N) is 1. The van der Waals surface area contributed by atoms with Crippen molar-refractivity contribution in [2.45, 2.75) is 51.7 Å². The second kappa shape index (κ2) is 9.43. The molecule has 0 spiro atoms. The molecule has 0 saturated carbocycles. The third kappa shape index (κ3) is 4.83. The number of ether oxygens (including phenoxy) is 1. The molecule has 7 heteroatoms. The number of hydrogen-bond acceptors (Lipinski definition) is 7. The first-order valence-electron chi connectivity index (χ1n) is 12.1. The lowest BCUT2D eigenvalue weighted by atomic mass is 10.0. The van der Waals surface area contributed by atoms with E-state index in [1.807, 2.05) is 24.3 Å². The van der Waals surface area contributed by atoms with Gasteiger partial charge in [-0.25, -0.2) is 0 Å². The van der Waals surface area contributed by atoms with E-state index in [-0.39, 0.29) is 11.9 Å². The monoisotopic (exact) mass is 447 g/mol. The summed E-state index contributed by atoms with van der Waals surface area (Å²) < 4.78 is 6.10. The average Bonchev–Trinajstić information content (AvgIpc) is 2.82. The summed E-state index contributed by atoms with van der Waals surface area (Å²) in [5.74, 6) is 0.780. The zero-order valence-corrected chi connectivity index (χ0v) is 19.3. The van der Waals surface area contributed by atoms with Crippen LogP contribution < -0.4 is 15.4 Å². The Morgan fingerprint density at radius 2 is 1.91 bits per heavy atom. The predicted octanol–water partition coefficient (Wildman–Crippen LogP) is 4.12. The predicted molar refractivity (Wildman–Crippen MR) is 132 cm³/mol. The molecule has 3 N–H and O–H groups in total. The second-order valence-electron chi connectivity index (χ2n) is 9.29. The molecular weight excluding hydrogens is 414 g/mol. The van der Waals surface area contributed by atoms with Gasteiger partial charge in [0.25, 0.3) is 0 Å². The molecule has 7 nitrogen and oxygen atoms in total. The van der Waals surface area contributed by atoms with Crippen LogP contribution in [-0.2, 0) is 13.0 Å². The summed E-state index contributed by atoms with van der Waals surface area (Å²) in [4.78, 5) is 14.0. The summed E-state index contributed by atoms with van der Waals surface area (Å²) in [7, 11) is 0. The maximum atomic E-state index is 10.3. The molecule has 0 amide bonds. The summed E-state index contributed by atoms with van der Waals surface area (Å²) in [6.45, 7) is 6.89. The maximum Gasteiger partial charge on any atom is 0.318 e. The van der Waals surface area contributed by atoms with Crippen LogP contribution in [0.2, 0.25) is 0 Å². The summed E-state index contributed by atoms with van der Waals surface area (Å²) in [5, 5.41) is 12.4. The number of aromatic hydroxyl groups is 1. The van der Waals surface area contributed by atoms with Gasteiger partial charge >= 0.3 is 6.01 Å². The smallest absolute Gasteiger partial charge is 0.318 e. The fourth-order valence-electron chi connectivity index (χ4n) is 5.02. The lowest BCUT2D eigenvalue weighted by Gasteiger charge is -2.31. The van der Waals surface area contributed by atoms with Crippen LogP contribution in [0.15, 0.2) is 36.4 Å². The number of phenolic OH excluding ortho intramolecular Hbond substituents is 1. The van der Waals surface area contributed by atoms with Crippen molar-refractivity contribution < 1.29 is 9.84 Å². The Hall–Kier alpha value is -3.06. The fraction of sp³-hybridized carbons (Fsp3) is 0.462. The van der Waals surface area contributed by atoms with E-state index in [1.54, 1.807) is 6.07 Å². The van der Waals surface area contributed by atoms with Gasteiger partial charge in [-0.3, -0.25) is 0 Å². The first-order valence-corrected chi connectivity index (χ1v) is 12.1. The number of nitrogen functional groups attached to an aromatic ring is 1. The van der Waals surface area contributed by atoms with Gasteiger partial charge in [0.05, 0.1) is 12.2 Å². The number of anilines is 2. The van der Waals surface area contributed by atoms with E-state index in [9.17, 15) is 5.11 Å². The molecule has 174 valence electrons. The lowest BCUT2D eigenvalue weighted by molar-refractivity contribution is 0.154. The van der Waals surface area contributed by atoms with Gasteiger partial charge in [-0.05, 0) is 57.1 Å². The molecule has 2 aliphatic rings. The zero-order chi connectivity index (χ0) is 22.8. The Morgan fingerprint density at radius 1 is 1.09 bits per heavy atom. The molecule has 1 fully saturated rings. The van der Waals surface area contributed by atoms with Crippen LogP contribution in [0.3, 0.4) is 0 Å². The number of nitrogens with zero attached hydrogens (tertiary/aromatic N) is 4. The average molecular weight is 448 g/mol. The van der Waals surface area contributed by atoms with Crippen molar-refractivity contribution in [3.8, 4) is 11.8 Å². The van der Waals surface area contributed by atoms with Crippen LogP contribution in [0, 0.1) is 0 Å². The van der Waals surface area contributed by atoms with Crippen molar-refractivity contribution in [3.63, 3.8) is 0 Å². The molecule has 33 heavy (non-hydrogen) atoms. The molecule has 5 rings (SSSR count). The van der Waals surface area contributed by atoms with E-state index in [2.05, 4.69) is 27.8 Å². The van der Waals surface area contributed by atoms with Crippen LogP contribution in [0.5, 0.6) is 11.8 Å². The maximum absolute atomic E-state index is 10.3. The number of piperidine rings is 1. The molecule has 0 radical (unpaired) electrons. The van der Waals surface area contributed by atoms with Crippen LogP contribution in [0.1, 0.15) is 43.9 Å². The topological polar surface area (TPSA) is 87.7 Å². The van der Waals surface area contributed by atoms with E-state index >= 15 is 0 Å².